The van der Waals surface area contributed by atoms with Crippen molar-refractivity contribution in [2.24, 2.45) is 0 Å². The molecule has 2 rings (SSSR count). The first-order chi connectivity index (χ1) is 10.6. The summed E-state index contributed by atoms with van der Waals surface area (Å²) < 4.78 is 0.942. The molecule has 0 spiro atoms. The van der Waals surface area contributed by atoms with Gasteiger partial charge < -0.3 is 4.90 Å². The van der Waals surface area contributed by atoms with Crippen molar-refractivity contribution in [1.82, 2.24) is 0 Å². The molecule has 2 nitrogen and oxygen atoms in total. The molecule has 3 heteroatoms. The number of para-hydroxylation sites is 1. The highest BCUT2D eigenvalue weighted by Gasteiger charge is 2.42. The van der Waals surface area contributed by atoms with E-state index in [2.05, 4.69) is 55.5 Å². The summed E-state index contributed by atoms with van der Waals surface area (Å²) in [5.41, 5.74) is 3.35. The molecule has 1 heterocycles. The predicted octanol–water partition coefficient (Wildman–Crippen LogP) is 5.51. The van der Waals surface area contributed by atoms with Crippen LogP contribution in [0, 0.1) is 0 Å². The van der Waals surface area contributed by atoms with Crippen molar-refractivity contribution in [3.8, 4) is 0 Å². The summed E-state index contributed by atoms with van der Waals surface area (Å²) in [6, 6.07) is 10.1. The summed E-state index contributed by atoms with van der Waals surface area (Å²) in [7, 11) is 0. The van der Waals surface area contributed by atoms with E-state index in [9.17, 15) is 4.79 Å². The van der Waals surface area contributed by atoms with Crippen molar-refractivity contribution >= 4 is 34.2 Å². The third-order valence-electron chi connectivity index (χ3n) is 4.38. The average Bonchev–Trinajstić information content (AvgIpc) is 2.52. The Morgan fingerprint density at radius 3 is 2.32 bits per heavy atom. The Morgan fingerprint density at radius 2 is 1.77 bits per heavy atom. The first-order valence-electron chi connectivity index (χ1n) is 8.23. The fourth-order valence-electron chi connectivity index (χ4n) is 3.36. The fourth-order valence-corrected chi connectivity index (χ4v) is 3.98. The minimum Gasteiger partial charge on any atom is -0.302 e. The number of anilines is 1. The third kappa shape index (κ3) is 3.39. The summed E-state index contributed by atoms with van der Waals surface area (Å²) in [5.74, 6) is 0.224. The molecule has 1 aliphatic heterocycles. The molecule has 1 unspecified atom stereocenters. The molecule has 0 aliphatic carbocycles. The van der Waals surface area contributed by atoms with Crippen LogP contribution in [0.25, 0.3) is 0 Å². The first-order valence-corrected chi connectivity index (χ1v) is 9.76. The van der Waals surface area contributed by atoms with Crippen LogP contribution in [0.3, 0.4) is 0 Å². The zero-order chi connectivity index (χ0) is 16.2. The molecule has 1 aromatic carbocycles. The molecule has 0 fully saturated rings. The monoisotopic (exact) mass is 411 g/mol. The van der Waals surface area contributed by atoms with Crippen molar-refractivity contribution < 1.29 is 4.79 Å². The molecule has 22 heavy (non-hydrogen) atoms. The van der Waals surface area contributed by atoms with E-state index in [1.54, 1.807) is 0 Å². The maximum Gasteiger partial charge on any atom is 0.254 e. The lowest BCUT2D eigenvalue weighted by Crippen LogP contribution is -2.55. The average molecular weight is 411 g/mol. The third-order valence-corrected chi connectivity index (χ3v) is 6.02. The van der Waals surface area contributed by atoms with E-state index in [0.29, 0.717) is 0 Å². The number of hydrogen-bond donors (Lipinski definition) is 0. The highest BCUT2D eigenvalue weighted by Crippen LogP contribution is 2.40. The van der Waals surface area contributed by atoms with Gasteiger partial charge in [0.15, 0.2) is 0 Å². The molecule has 0 saturated carbocycles. The Bertz CT molecular complexity index is 552. The van der Waals surface area contributed by atoms with Crippen LogP contribution in [-0.2, 0) is 4.79 Å². The van der Waals surface area contributed by atoms with Gasteiger partial charge in [-0.15, -0.1) is 0 Å². The van der Waals surface area contributed by atoms with E-state index in [-0.39, 0.29) is 11.4 Å². The van der Waals surface area contributed by atoms with Gasteiger partial charge >= 0.3 is 0 Å². The zero-order valence-corrected chi connectivity index (χ0v) is 16.0. The summed E-state index contributed by atoms with van der Waals surface area (Å²) in [4.78, 5) is 15.3. The number of hydrogen-bond acceptors (Lipinski definition) is 1. The summed E-state index contributed by atoms with van der Waals surface area (Å²) in [5, 5.41) is 0. The molecule has 1 atom stereocenters. The quantitative estimate of drug-likeness (QED) is 0.446. The van der Waals surface area contributed by atoms with Crippen molar-refractivity contribution in [2.75, 3.05) is 9.33 Å². The highest BCUT2D eigenvalue weighted by molar-refractivity contribution is 14.1. The lowest BCUT2D eigenvalue weighted by atomic mass is 9.81. The van der Waals surface area contributed by atoms with Gasteiger partial charge in [0.25, 0.3) is 5.91 Å². The zero-order valence-electron chi connectivity index (χ0n) is 13.9. The molecule has 0 bridgehead atoms. The number of carbonyl (C=O) groups is 1. The van der Waals surface area contributed by atoms with Gasteiger partial charge in [-0.2, -0.15) is 0 Å². The standard InChI is InChI=1S/C19H26INO/c1-4-9-15-13-19(3,14-20)21(16-11-7-6-8-12-16)18(22)17(15)10-5-2/h6-8,11-12H,4-5,9-10,13-14H2,1-3H3. The van der Waals surface area contributed by atoms with E-state index in [4.69, 9.17) is 0 Å². The van der Waals surface area contributed by atoms with Gasteiger partial charge in [-0.1, -0.05) is 73.1 Å². The van der Waals surface area contributed by atoms with E-state index >= 15 is 0 Å². The Labute approximate surface area is 148 Å². The van der Waals surface area contributed by atoms with Gasteiger partial charge in [-0.25, -0.2) is 0 Å². The lowest BCUT2D eigenvalue weighted by molar-refractivity contribution is -0.116. The lowest BCUT2D eigenvalue weighted by Gasteiger charge is -2.45. The van der Waals surface area contributed by atoms with Crippen LogP contribution >= 0.6 is 22.6 Å². The molecule has 0 aromatic heterocycles. The van der Waals surface area contributed by atoms with Crippen LogP contribution in [0.5, 0.6) is 0 Å². The van der Waals surface area contributed by atoms with Crippen molar-refractivity contribution in [1.29, 1.82) is 0 Å². The smallest absolute Gasteiger partial charge is 0.254 e. The number of alkyl halides is 1. The van der Waals surface area contributed by atoms with Crippen molar-refractivity contribution in [3.05, 3.63) is 41.5 Å². The molecule has 0 N–H and O–H groups in total. The molecule has 1 amide bonds. The minimum absolute atomic E-state index is 0.124. The molecule has 0 radical (unpaired) electrons. The van der Waals surface area contributed by atoms with Crippen molar-refractivity contribution in [2.45, 2.75) is 58.4 Å². The number of nitrogens with zero attached hydrogens (tertiary/aromatic N) is 1. The van der Waals surface area contributed by atoms with Gasteiger partial charge in [0.1, 0.15) is 0 Å². The Kier molecular flexibility index (Phi) is 6.07. The number of carbonyl (C=O) groups excluding carboxylic acids is 1. The second kappa shape index (κ2) is 7.62. The van der Waals surface area contributed by atoms with E-state index in [0.717, 1.165) is 47.8 Å². The van der Waals surface area contributed by atoms with Crippen LogP contribution < -0.4 is 4.90 Å². The second-order valence-electron chi connectivity index (χ2n) is 6.37. The van der Waals surface area contributed by atoms with Crippen LogP contribution in [0.2, 0.25) is 0 Å². The second-order valence-corrected chi connectivity index (χ2v) is 7.13. The highest BCUT2D eigenvalue weighted by atomic mass is 127. The molecule has 120 valence electrons. The van der Waals surface area contributed by atoms with Crippen LogP contribution in [0.15, 0.2) is 41.5 Å². The fraction of sp³-hybridized carbons (Fsp3) is 0.526. The number of amides is 1. The maximum atomic E-state index is 13.2. The van der Waals surface area contributed by atoms with Gasteiger partial charge in [0.2, 0.25) is 0 Å². The Balaban J connectivity index is 2.51. The molecule has 1 aliphatic rings. The molecule has 1 aromatic rings. The summed E-state index contributed by atoms with van der Waals surface area (Å²) in [6.07, 6.45) is 5.08. The van der Waals surface area contributed by atoms with Crippen LogP contribution in [-0.4, -0.2) is 15.9 Å². The Hall–Kier alpha value is -0.840. The van der Waals surface area contributed by atoms with E-state index in [1.807, 2.05) is 23.1 Å². The minimum atomic E-state index is -0.124. The van der Waals surface area contributed by atoms with Gasteiger partial charge in [0.05, 0.1) is 5.54 Å². The maximum absolute atomic E-state index is 13.2. The number of benzene rings is 1. The van der Waals surface area contributed by atoms with E-state index in [1.165, 1.54) is 5.57 Å². The largest absolute Gasteiger partial charge is 0.302 e. The van der Waals surface area contributed by atoms with E-state index < -0.39 is 0 Å². The molecular weight excluding hydrogens is 385 g/mol. The van der Waals surface area contributed by atoms with Gasteiger partial charge in [-0.3, -0.25) is 4.79 Å². The molecule has 0 saturated heterocycles. The van der Waals surface area contributed by atoms with Gasteiger partial charge in [0, 0.05) is 15.7 Å². The first kappa shape index (κ1) is 17.5. The van der Waals surface area contributed by atoms with Gasteiger partial charge in [-0.05, 0) is 38.3 Å². The molecular formula is C19H26INO. The SMILES string of the molecule is CCCC1=C(CCC)C(=O)N(c2ccccc2)C(C)(CI)C1. The number of halogens is 1. The van der Waals surface area contributed by atoms with Crippen LogP contribution in [0.1, 0.15) is 52.9 Å². The van der Waals surface area contributed by atoms with Crippen molar-refractivity contribution in [3.63, 3.8) is 0 Å². The Morgan fingerprint density at radius 1 is 1.14 bits per heavy atom. The topological polar surface area (TPSA) is 20.3 Å². The summed E-state index contributed by atoms with van der Waals surface area (Å²) >= 11 is 2.43. The summed E-state index contributed by atoms with van der Waals surface area (Å²) in [6.45, 7) is 6.58. The van der Waals surface area contributed by atoms with Crippen LogP contribution in [0.4, 0.5) is 5.69 Å². The predicted molar refractivity (Wildman–Crippen MR) is 103 cm³/mol. The number of rotatable bonds is 6. The normalized spacial score (nSPS) is 22.4.